The number of aromatic nitrogens is 3. The number of hydrogen-bond donors (Lipinski definition) is 1. The fraction of sp³-hybridized carbons (Fsp3) is 0.276. The van der Waals surface area contributed by atoms with Crippen LogP contribution in [0.3, 0.4) is 0 Å². The highest BCUT2D eigenvalue weighted by molar-refractivity contribution is 7.89. The lowest BCUT2D eigenvalue weighted by Gasteiger charge is -2.28. The molecule has 2 N–H and O–H groups in total. The average molecular weight is 614 g/mol. The number of rotatable bonds is 5. The number of fused-ring (bicyclic) bond motifs is 4. The van der Waals surface area contributed by atoms with E-state index in [0.717, 1.165) is 23.3 Å². The zero-order valence-corrected chi connectivity index (χ0v) is 24.1. The second-order valence-corrected chi connectivity index (χ2v) is 12.2. The van der Waals surface area contributed by atoms with E-state index >= 15 is 0 Å². The van der Waals surface area contributed by atoms with Gasteiger partial charge in [-0.15, -0.1) is 0 Å². The Morgan fingerprint density at radius 2 is 1.84 bits per heavy atom. The van der Waals surface area contributed by atoms with Gasteiger partial charge in [0.25, 0.3) is 5.91 Å². The van der Waals surface area contributed by atoms with Crippen molar-refractivity contribution in [3.05, 3.63) is 76.9 Å². The van der Waals surface area contributed by atoms with Crippen molar-refractivity contribution < 1.29 is 35.5 Å². The predicted octanol–water partition coefficient (Wildman–Crippen LogP) is 4.90. The summed E-state index contributed by atoms with van der Waals surface area (Å²) < 4.78 is 78.3. The molecule has 5 aromatic rings. The van der Waals surface area contributed by atoms with Crippen LogP contribution >= 0.6 is 0 Å². The first kappa shape index (κ1) is 28.7. The summed E-state index contributed by atoms with van der Waals surface area (Å²) in [5.74, 6) is -0.356. The van der Waals surface area contributed by atoms with E-state index in [2.05, 4.69) is 9.97 Å². The summed E-state index contributed by atoms with van der Waals surface area (Å²) in [7, 11) is -2.38. The molecule has 0 unspecified atom stereocenters. The molecule has 2 aromatic carbocycles. The first-order valence-corrected chi connectivity index (χ1v) is 15.1. The van der Waals surface area contributed by atoms with Gasteiger partial charge < -0.3 is 19.8 Å². The van der Waals surface area contributed by atoms with Crippen molar-refractivity contribution in [3.63, 3.8) is 0 Å². The van der Waals surface area contributed by atoms with Gasteiger partial charge in [-0.1, -0.05) is 18.2 Å². The first-order valence-electron chi connectivity index (χ1n) is 13.2. The molecule has 0 spiro atoms. The lowest BCUT2D eigenvalue weighted by molar-refractivity contribution is -0.140. The minimum Gasteiger partial charge on any atom is -0.494 e. The number of alkyl halides is 3. The molecule has 0 saturated carbocycles. The van der Waals surface area contributed by atoms with Crippen LogP contribution in [0.15, 0.2) is 52.9 Å². The van der Waals surface area contributed by atoms with Crippen LogP contribution in [0, 0.1) is 0 Å². The van der Waals surface area contributed by atoms with Crippen molar-refractivity contribution in [1.29, 1.82) is 0 Å². The topological polar surface area (TPSA) is 134 Å². The van der Waals surface area contributed by atoms with Gasteiger partial charge in [0.05, 0.1) is 37.2 Å². The lowest BCUT2D eigenvalue weighted by Crippen LogP contribution is -2.38. The van der Waals surface area contributed by atoms with Crippen molar-refractivity contribution >= 4 is 37.7 Å². The Bertz CT molecular complexity index is 2030. The van der Waals surface area contributed by atoms with Crippen LogP contribution in [0.2, 0.25) is 0 Å². The van der Waals surface area contributed by atoms with Gasteiger partial charge >= 0.3 is 6.18 Å². The molecule has 1 amide bonds. The van der Waals surface area contributed by atoms with Gasteiger partial charge in [0.15, 0.2) is 11.5 Å². The van der Waals surface area contributed by atoms with Crippen molar-refractivity contribution in [2.24, 2.45) is 5.73 Å². The number of pyridine rings is 1. The summed E-state index contributed by atoms with van der Waals surface area (Å²) in [6, 6.07) is 11.5. The number of carbonyl (C=O) groups is 1. The van der Waals surface area contributed by atoms with E-state index in [1.807, 2.05) is 12.1 Å². The summed E-state index contributed by atoms with van der Waals surface area (Å²) in [5, 5.41) is 1.08. The van der Waals surface area contributed by atoms with E-state index in [1.165, 1.54) is 28.1 Å². The number of nitrogens with zero attached hydrogens (tertiary/aromatic N) is 4. The van der Waals surface area contributed by atoms with Crippen molar-refractivity contribution in [2.75, 3.05) is 19.9 Å². The second kappa shape index (κ2) is 10.1. The minimum absolute atomic E-state index is 0.00606. The normalized spacial score (nSPS) is 14.7. The molecular formula is C29H26F3N5O5S. The Balaban J connectivity index is 1.43. The third kappa shape index (κ3) is 4.79. The van der Waals surface area contributed by atoms with E-state index in [-0.39, 0.29) is 46.1 Å². The standard InChI is InChI=1S/C29H26F3N5O5S/c1-15(33)26-25(28(38)36-13-12-17-16-6-4-5-7-20(16)37(21(17)14-36)43(3,39)40)35-27(42-26)19-8-10-22(41-2)24-18(19)9-11-23(34-24)29(30,31)32/h4-11,15H,12-14,33H2,1-3H3/t15-/m0/s1. The maximum atomic E-state index is 13.9. The highest BCUT2D eigenvalue weighted by Crippen LogP contribution is 2.38. The monoisotopic (exact) mass is 613 g/mol. The number of nitrogens with two attached hydrogens (primary N) is 1. The molecule has 14 heteroatoms. The molecule has 6 rings (SSSR count). The largest absolute Gasteiger partial charge is 0.494 e. The highest BCUT2D eigenvalue weighted by atomic mass is 32.2. The van der Waals surface area contributed by atoms with Crippen LogP contribution in [-0.2, 0) is 29.2 Å². The summed E-state index contributed by atoms with van der Waals surface area (Å²) >= 11 is 0. The van der Waals surface area contributed by atoms with Crippen LogP contribution in [0.5, 0.6) is 5.75 Å². The zero-order valence-electron chi connectivity index (χ0n) is 23.3. The van der Waals surface area contributed by atoms with Crippen molar-refractivity contribution in [2.45, 2.75) is 32.1 Å². The Labute approximate surface area is 243 Å². The molecule has 0 saturated heterocycles. The number of hydrogen-bond acceptors (Lipinski definition) is 8. The first-order chi connectivity index (χ1) is 20.3. The van der Waals surface area contributed by atoms with E-state index in [9.17, 15) is 26.4 Å². The third-order valence-corrected chi connectivity index (χ3v) is 8.54. The second-order valence-electron chi connectivity index (χ2n) is 10.4. The number of carbonyl (C=O) groups excluding carboxylic acids is 1. The number of oxazole rings is 1. The number of para-hydroxylation sites is 1. The molecule has 10 nitrogen and oxygen atoms in total. The average Bonchev–Trinajstić information content (AvgIpc) is 3.55. The van der Waals surface area contributed by atoms with Crippen LogP contribution < -0.4 is 10.5 Å². The van der Waals surface area contributed by atoms with Crippen LogP contribution in [0.1, 0.15) is 46.2 Å². The van der Waals surface area contributed by atoms with Gasteiger partial charge in [-0.25, -0.2) is 22.4 Å². The van der Waals surface area contributed by atoms with Gasteiger partial charge in [0, 0.05) is 22.9 Å². The van der Waals surface area contributed by atoms with E-state index in [0.29, 0.717) is 24.2 Å². The molecule has 1 aliphatic heterocycles. The van der Waals surface area contributed by atoms with Crippen molar-refractivity contribution in [1.82, 2.24) is 18.8 Å². The highest BCUT2D eigenvalue weighted by Gasteiger charge is 2.35. The molecule has 1 atom stereocenters. The fourth-order valence-corrected chi connectivity index (χ4v) is 6.67. The molecule has 0 fully saturated rings. The molecule has 224 valence electrons. The quantitative estimate of drug-likeness (QED) is 0.296. The van der Waals surface area contributed by atoms with E-state index in [1.54, 1.807) is 25.1 Å². The van der Waals surface area contributed by atoms with Gasteiger partial charge in [-0.3, -0.25) is 4.79 Å². The minimum atomic E-state index is -4.67. The molecule has 43 heavy (non-hydrogen) atoms. The summed E-state index contributed by atoms with van der Waals surface area (Å²) in [6.45, 7) is 1.91. The number of amides is 1. The molecule has 0 bridgehead atoms. The molecule has 3 aromatic heterocycles. The van der Waals surface area contributed by atoms with Gasteiger partial charge in [0.1, 0.15) is 17.0 Å². The Morgan fingerprint density at radius 1 is 1.09 bits per heavy atom. The molecule has 0 aliphatic carbocycles. The molecule has 4 heterocycles. The SMILES string of the molecule is COc1ccc(-c2nc(C(=O)N3CCc4c(n(S(C)(=O)=O)c5ccccc45)C3)c([C@H](C)N)o2)c2ccc(C(F)(F)F)nc12. The van der Waals surface area contributed by atoms with Gasteiger partial charge in [-0.2, -0.15) is 13.2 Å². The summed E-state index contributed by atoms with van der Waals surface area (Å²) in [6.07, 6.45) is -3.14. The predicted molar refractivity (Wildman–Crippen MR) is 152 cm³/mol. The maximum absolute atomic E-state index is 13.9. The smallest absolute Gasteiger partial charge is 0.433 e. The van der Waals surface area contributed by atoms with Crippen LogP contribution in [-0.4, -0.2) is 53.1 Å². The van der Waals surface area contributed by atoms with Crippen molar-refractivity contribution in [3.8, 4) is 17.2 Å². The number of benzene rings is 2. The van der Waals surface area contributed by atoms with E-state index < -0.39 is 33.8 Å². The number of methoxy groups -OCH3 is 1. The third-order valence-electron chi connectivity index (χ3n) is 7.46. The number of ether oxygens (including phenoxy) is 1. The van der Waals surface area contributed by atoms with Crippen LogP contribution in [0.25, 0.3) is 33.3 Å². The Hall–Kier alpha value is -4.43. The fourth-order valence-electron chi connectivity index (χ4n) is 5.59. The molecule has 1 aliphatic rings. The summed E-state index contributed by atoms with van der Waals surface area (Å²) in [4.78, 5) is 23.6. The number of halogens is 3. The van der Waals surface area contributed by atoms with Gasteiger partial charge in [0.2, 0.25) is 15.9 Å². The molecular weight excluding hydrogens is 587 g/mol. The molecule has 0 radical (unpaired) electrons. The van der Waals surface area contributed by atoms with E-state index in [4.69, 9.17) is 14.9 Å². The lowest BCUT2D eigenvalue weighted by atomic mass is 10.0. The maximum Gasteiger partial charge on any atom is 0.433 e. The Kier molecular flexibility index (Phi) is 6.73. The van der Waals surface area contributed by atoms with Crippen LogP contribution in [0.4, 0.5) is 13.2 Å². The Morgan fingerprint density at radius 3 is 2.51 bits per heavy atom. The zero-order chi connectivity index (χ0) is 30.8. The summed E-state index contributed by atoms with van der Waals surface area (Å²) in [5.41, 5.74) is 7.12. The van der Waals surface area contributed by atoms with Gasteiger partial charge in [-0.05, 0) is 49.2 Å².